The van der Waals surface area contributed by atoms with Crippen molar-refractivity contribution in [2.75, 3.05) is 24.4 Å². The Balaban J connectivity index is 1.69. The second-order valence-electron chi connectivity index (χ2n) is 8.03. The molecule has 1 aromatic heterocycles. The number of ether oxygens (including phenoxy) is 2. The molecule has 0 aliphatic carbocycles. The van der Waals surface area contributed by atoms with Crippen molar-refractivity contribution >= 4 is 63.0 Å². The van der Waals surface area contributed by atoms with Crippen LogP contribution in [0.5, 0.6) is 5.75 Å². The molecule has 0 saturated carbocycles. The van der Waals surface area contributed by atoms with Crippen LogP contribution in [0, 0.1) is 20.8 Å². The van der Waals surface area contributed by atoms with Crippen LogP contribution in [-0.4, -0.2) is 31.5 Å². The molecule has 0 bridgehead atoms. The fourth-order valence-corrected chi connectivity index (χ4v) is 5.00. The van der Waals surface area contributed by atoms with Crippen molar-refractivity contribution < 1.29 is 23.9 Å². The summed E-state index contributed by atoms with van der Waals surface area (Å²) in [4.78, 5) is 38.4. The number of carbonyl (C=O) groups excluding carboxylic acids is 3. The molecule has 3 rings (SSSR count). The van der Waals surface area contributed by atoms with Crippen LogP contribution in [0.3, 0.4) is 0 Å². The number of carbonyl (C=O) groups is 3. The van der Waals surface area contributed by atoms with E-state index in [1.54, 1.807) is 25.1 Å². The van der Waals surface area contributed by atoms with Crippen LogP contribution >= 0.6 is 34.5 Å². The van der Waals surface area contributed by atoms with Gasteiger partial charge in [0, 0.05) is 17.1 Å². The summed E-state index contributed by atoms with van der Waals surface area (Å²) < 4.78 is 10.5. The summed E-state index contributed by atoms with van der Waals surface area (Å²) in [6, 6.07) is 10.5. The third kappa shape index (κ3) is 6.57. The Morgan fingerprint density at radius 3 is 2.44 bits per heavy atom. The van der Waals surface area contributed by atoms with E-state index in [-0.39, 0.29) is 35.4 Å². The first-order chi connectivity index (χ1) is 17.1. The van der Waals surface area contributed by atoms with E-state index in [1.165, 1.54) is 7.11 Å². The molecule has 0 radical (unpaired) electrons. The van der Waals surface area contributed by atoms with Crippen LogP contribution in [0.15, 0.2) is 36.4 Å². The number of thiophene rings is 1. The van der Waals surface area contributed by atoms with Crippen molar-refractivity contribution in [3.8, 4) is 5.75 Å². The van der Waals surface area contributed by atoms with Crippen LogP contribution < -0.4 is 15.4 Å². The van der Waals surface area contributed by atoms with E-state index < -0.39 is 5.97 Å². The molecule has 0 aliphatic rings. The van der Waals surface area contributed by atoms with Crippen LogP contribution in [0.1, 0.15) is 49.6 Å². The first-order valence-corrected chi connectivity index (χ1v) is 12.7. The number of amides is 2. The van der Waals surface area contributed by atoms with E-state index in [0.717, 1.165) is 22.5 Å². The number of benzene rings is 2. The minimum Gasteiger partial charge on any atom is -0.492 e. The minimum atomic E-state index is -0.634. The standard InChI is InChI=1S/C26H26Cl2N2O5S/c1-14-7-5-8-19(15(14)2)29-24(32)23-16(3)22(26(33)34-4)25(36-23)30-21(31)9-6-12-35-20-11-10-17(27)13-18(20)28/h5,7-8,10-11,13H,6,9,12H2,1-4H3,(H,29,32)(H,30,31). The average Bonchev–Trinajstić information content (AvgIpc) is 3.15. The van der Waals surface area contributed by atoms with Gasteiger partial charge in [0.05, 0.1) is 29.2 Å². The molecule has 7 nitrogen and oxygen atoms in total. The third-order valence-electron chi connectivity index (χ3n) is 5.55. The molecule has 0 unspecified atom stereocenters. The molecule has 3 aromatic rings. The highest BCUT2D eigenvalue weighted by Gasteiger charge is 2.26. The van der Waals surface area contributed by atoms with Gasteiger partial charge in [-0.05, 0) is 68.1 Å². The zero-order chi connectivity index (χ0) is 26.4. The summed E-state index contributed by atoms with van der Waals surface area (Å²) in [5.74, 6) is -0.854. The van der Waals surface area contributed by atoms with Crippen LogP contribution in [0.4, 0.5) is 10.7 Å². The summed E-state index contributed by atoms with van der Waals surface area (Å²) >= 11 is 13.0. The van der Waals surface area contributed by atoms with Gasteiger partial charge < -0.3 is 20.1 Å². The lowest BCUT2D eigenvalue weighted by atomic mass is 10.1. The third-order valence-corrected chi connectivity index (χ3v) is 7.28. The lowest BCUT2D eigenvalue weighted by molar-refractivity contribution is -0.116. The van der Waals surface area contributed by atoms with Gasteiger partial charge in [-0.1, -0.05) is 35.3 Å². The first-order valence-electron chi connectivity index (χ1n) is 11.1. The summed E-state index contributed by atoms with van der Waals surface area (Å²) in [6.45, 7) is 5.79. The lowest BCUT2D eigenvalue weighted by Crippen LogP contribution is -2.15. The van der Waals surface area contributed by atoms with Crippen LogP contribution in [0.2, 0.25) is 10.0 Å². The SMILES string of the molecule is COC(=O)c1c(NC(=O)CCCOc2ccc(Cl)cc2Cl)sc(C(=O)Nc2cccc(C)c2C)c1C. The Morgan fingerprint density at radius 2 is 1.75 bits per heavy atom. The van der Waals surface area contributed by atoms with Gasteiger partial charge in [0.15, 0.2) is 0 Å². The van der Waals surface area contributed by atoms with E-state index in [1.807, 2.05) is 32.0 Å². The molecule has 2 N–H and O–H groups in total. The molecule has 0 saturated heterocycles. The number of esters is 1. The Labute approximate surface area is 223 Å². The van der Waals surface area contributed by atoms with Gasteiger partial charge in [-0.25, -0.2) is 4.79 Å². The second kappa shape index (κ2) is 12.3. The number of hydrogen-bond donors (Lipinski definition) is 2. The van der Waals surface area contributed by atoms with Gasteiger partial charge in [0.25, 0.3) is 5.91 Å². The predicted molar refractivity (Wildman–Crippen MR) is 144 cm³/mol. The molecule has 0 fully saturated rings. The highest BCUT2D eigenvalue weighted by Crippen LogP contribution is 2.35. The highest BCUT2D eigenvalue weighted by atomic mass is 35.5. The van der Waals surface area contributed by atoms with E-state index in [2.05, 4.69) is 10.6 Å². The van der Waals surface area contributed by atoms with Gasteiger partial charge in [-0.3, -0.25) is 9.59 Å². The molecule has 2 amide bonds. The summed E-state index contributed by atoms with van der Waals surface area (Å²) in [7, 11) is 1.25. The Morgan fingerprint density at radius 1 is 1.00 bits per heavy atom. The number of halogens is 2. The fraction of sp³-hybridized carbons (Fsp3) is 0.269. The Bertz CT molecular complexity index is 1310. The fourth-order valence-electron chi connectivity index (χ4n) is 3.43. The van der Waals surface area contributed by atoms with Gasteiger partial charge in [-0.2, -0.15) is 0 Å². The van der Waals surface area contributed by atoms with Crippen molar-refractivity contribution in [3.05, 3.63) is 73.6 Å². The number of aryl methyl sites for hydroxylation is 1. The largest absolute Gasteiger partial charge is 0.492 e. The summed E-state index contributed by atoms with van der Waals surface area (Å²) in [5.41, 5.74) is 3.26. The molecule has 2 aromatic carbocycles. The van der Waals surface area contributed by atoms with Gasteiger partial charge in [0.2, 0.25) is 5.91 Å². The minimum absolute atomic E-state index is 0.132. The zero-order valence-electron chi connectivity index (χ0n) is 20.3. The Hall–Kier alpha value is -3.07. The smallest absolute Gasteiger partial charge is 0.341 e. The van der Waals surface area contributed by atoms with Crippen LogP contribution in [0.25, 0.3) is 0 Å². The quantitative estimate of drug-likeness (QED) is 0.226. The molecule has 36 heavy (non-hydrogen) atoms. The van der Waals surface area contributed by atoms with Gasteiger partial charge in [-0.15, -0.1) is 11.3 Å². The zero-order valence-corrected chi connectivity index (χ0v) is 22.6. The lowest BCUT2D eigenvalue weighted by Gasteiger charge is -2.10. The van der Waals surface area contributed by atoms with Crippen molar-refractivity contribution in [3.63, 3.8) is 0 Å². The van der Waals surface area contributed by atoms with E-state index in [9.17, 15) is 14.4 Å². The molecule has 10 heteroatoms. The number of nitrogens with one attached hydrogen (secondary N) is 2. The Kier molecular flexibility index (Phi) is 9.37. The maximum absolute atomic E-state index is 13.1. The molecule has 0 atom stereocenters. The monoisotopic (exact) mass is 548 g/mol. The molecule has 0 aliphatic heterocycles. The molecule has 0 spiro atoms. The topological polar surface area (TPSA) is 93.7 Å². The molecule has 1 heterocycles. The maximum atomic E-state index is 13.1. The van der Waals surface area contributed by atoms with E-state index in [0.29, 0.717) is 38.3 Å². The highest BCUT2D eigenvalue weighted by molar-refractivity contribution is 7.19. The number of hydrogen-bond acceptors (Lipinski definition) is 6. The molecular formula is C26H26Cl2N2O5S. The van der Waals surface area contributed by atoms with Crippen molar-refractivity contribution in [2.24, 2.45) is 0 Å². The summed E-state index contributed by atoms with van der Waals surface area (Å²) in [5, 5.41) is 6.79. The van der Waals surface area contributed by atoms with Crippen molar-refractivity contribution in [2.45, 2.75) is 33.6 Å². The average molecular weight is 549 g/mol. The van der Waals surface area contributed by atoms with E-state index >= 15 is 0 Å². The molecular weight excluding hydrogens is 523 g/mol. The van der Waals surface area contributed by atoms with Gasteiger partial charge in [0.1, 0.15) is 10.8 Å². The normalized spacial score (nSPS) is 10.6. The van der Waals surface area contributed by atoms with Crippen molar-refractivity contribution in [1.82, 2.24) is 0 Å². The first kappa shape index (κ1) is 27.5. The maximum Gasteiger partial charge on any atom is 0.341 e. The van der Waals surface area contributed by atoms with Crippen LogP contribution in [-0.2, 0) is 9.53 Å². The van der Waals surface area contributed by atoms with Gasteiger partial charge >= 0.3 is 5.97 Å². The molecule has 190 valence electrons. The number of methoxy groups -OCH3 is 1. The number of rotatable bonds is 9. The second-order valence-corrected chi connectivity index (χ2v) is 9.89. The van der Waals surface area contributed by atoms with Crippen molar-refractivity contribution in [1.29, 1.82) is 0 Å². The number of anilines is 2. The van der Waals surface area contributed by atoms with E-state index in [4.69, 9.17) is 32.7 Å². The predicted octanol–water partition coefficient (Wildman–Crippen LogP) is 6.82. The summed E-state index contributed by atoms with van der Waals surface area (Å²) in [6.07, 6.45) is 0.537.